The van der Waals surface area contributed by atoms with Crippen LogP contribution in [0.2, 0.25) is 0 Å². The minimum atomic E-state index is 0.614. The van der Waals surface area contributed by atoms with Crippen molar-refractivity contribution in [3.8, 4) is 0 Å². The van der Waals surface area contributed by atoms with E-state index in [1.807, 2.05) is 11.3 Å². The predicted octanol–water partition coefficient (Wildman–Crippen LogP) is 4.21. The molecule has 1 N–H and O–H groups in total. The average molecular weight is 273 g/mol. The van der Waals surface area contributed by atoms with E-state index in [1.54, 1.807) is 0 Å². The van der Waals surface area contributed by atoms with Crippen molar-refractivity contribution in [3.05, 3.63) is 57.8 Å². The largest absolute Gasteiger partial charge is 0.317 e. The lowest BCUT2D eigenvalue weighted by molar-refractivity contribution is 0.491. The van der Waals surface area contributed by atoms with Crippen LogP contribution < -0.4 is 5.32 Å². The molecular weight excluding hydrogens is 250 g/mol. The zero-order valence-corrected chi connectivity index (χ0v) is 12.7. The topological polar surface area (TPSA) is 12.0 Å². The summed E-state index contributed by atoms with van der Waals surface area (Å²) in [5, 5.41) is 5.62. The first-order chi connectivity index (χ1) is 9.28. The minimum absolute atomic E-state index is 0.614. The van der Waals surface area contributed by atoms with Crippen LogP contribution in [0.15, 0.2) is 41.8 Å². The third kappa shape index (κ3) is 4.81. The Bertz CT molecular complexity index is 476. The molecule has 1 aromatic carbocycles. The fourth-order valence-corrected chi connectivity index (χ4v) is 3.14. The molecule has 1 atom stereocenters. The van der Waals surface area contributed by atoms with Gasteiger partial charge in [-0.25, -0.2) is 0 Å². The van der Waals surface area contributed by atoms with Crippen molar-refractivity contribution in [2.24, 2.45) is 0 Å². The Morgan fingerprint density at radius 3 is 2.63 bits per heavy atom. The van der Waals surface area contributed by atoms with Crippen LogP contribution in [0.1, 0.15) is 28.8 Å². The third-order valence-electron chi connectivity index (χ3n) is 3.59. The molecule has 2 aromatic rings. The predicted molar refractivity (Wildman–Crippen MR) is 85.0 cm³/mol. The van der Waals surface area contributed by atoms with Crippen molar-refractivity contribution in [2.75, 3.05) is 7.05 Å². The normalized spacial score (nSPS) is 12.5. The van der Waals surface area contributed by atoms with E-state index in [1.165, 1.54) is 35.3 Å². The average Bonchev–Trinajstić information content (AvgIpc) is 2.92. The van der Waals surface area contributed by atoms with Gasteiger partial charge in [-0.05, 0) is 56.7 Å². The summed E-state index contributed by atoms with van der Waals surface area (Å²) in [5.41, 5.74) is 2.81. The van der Waals surface area contributed by atoms with Gasteiger partial charge in [-0.2, -0.15) is 0 Å². The number of nitrogens with one attached hydrogen (secondary N) is 1. The summed E-state index contributed by atoms with van der Waals surface area (Å²) in [7, 11) is 2.08. The molecule has 2 heteroatoms. The Morgan fingerprint density at radius 2 is 1.95 bits per heavy atom. The van der Waals surface area contributed by atoms with Crippen LogP contribution in [-0.2, 0) is 12.8 Å². The monoisotopic (exact) mass is 273 g/mol. The molecule has 19 heavy (non-hydrogen) atoms. The van der Waals surface area contributed by atoms with Crippen molar-refractivity contribution in [2.45, 2.75) is 38.6 Å². The number of benzene rings is 1. The summed E-state index contributed by atoms with van der Waals surface area (Å²) in [4.78, 5) is 1.50. The highest BCUT2D eigenvalue weighted by atomic mass is 32.1. The molecule has 0 radical (unpaired) electrons. The van der Waals surface area contributed by atoms with Crippen LogP contribution in [0.3, 0.4) is 0 Å². The van der Waals surface area contributed by atoms with Gasteiger partial charge in [0, 0.05) is 10.9 Å². The van der Waals surface area contributed by atoms with E-state index in [0.29, 0.717) is 6.04 Å². The second kappa shape index (κ2) is 7.46. The van der Waals surface area contributed by atoms with Gasteiger partial charge < -0.3 is 5.32 Å². The van der Waals surface area contributed by atoms with Gasteiger partial charge in [0.15, 0.2) is 0 Å². The fourth-order valence-electron chi connectivity index (χ4n) is 2.41. The second-order valence-electron chi connectivity index (χ2n) is 5.13. The summed E-state index contributed by atoms with van der Waals surface area (Å²) in [6, 6.07) is 13.8. The molecule has 0 fully saturated rings. The third-order valence-corrected chi connectivity index (χ3v) is 4.53. The molecule has 0 bridgehead atoms. The Balaban J connectivity index is 1.79. The Morgan fingerprint density at radius 1 is 1.11 bits per heavy atom. The van der Waals surface area contributed by atoms with Crippen LogP contribution >= 0.6 is 11.3 Å². The molecular formula is C17H23NS. The SMILES string of the molecule is CNC(CCc1cccc(C)c1)CCc1cccs1. The first-order valence-electron chi connectivity index (χ1n) is 7.03. The highest BCUT2D eigenvalue weighted by Gasteiger charge is 2.07. The van der Waals surface area contributed by atoms with Gasteiger partial charge >= 0.3 is 0 Å². The number of hydrogen-bond donors (Lipinski definition) is 1. The molecule has 1 heterocycles. The van der Waals surface area contributed by atoms with Crippen LogP contribution in [0.5, 0.6) is 0 Å². The van der Waals surface area contributed by atoms with E-state index in [-0.39, 0.29) is 0 Å². The molecule has 1 aromatic heterocycles. The first-order valence-corrected chi connectivity index (χ1v) is 7.91. The highest BCUT2D eigenvalue weighted by Crippen LogP contribution is 2.15. The lowest BCUT2D eigenvalue weighted by atomic mass is 10.0. The summed E-state index contributed by atoms with van der Waals surface area (Å²) >= 11 is 1.86. The van der Waals surface area contributed by atoms with Gasteiger partial charge in [0.25, 0.3) is 0 Å². The summed E-state index contributed by atoms with van der Waals surface area (Å²) in [6.45, 7) is 2.16. The van der Waals surface area contributed by atoms with E-state index >= 15 is 0 Å². The maximum Gasteiger partial charge on any atom is 0.00706 e. The van der Waals surface area contributed by atoms with E-state index in [4.69, 9.17) is 0 Å². The molecule has 2 rings (SSSR count). The highest BCUT2D eigenvalue weighted by molar-refractivity contribution is 7.09. The smallest absolute Gasteiger partial charge is 0.00706 e. The van der Waals surface area contributed by atoms with Gasteiger partial charge in [-0.1, -0.05) is 35.9 Å². The first kappa shape index (κ1) is 14.3. The maximum atomic E-state index is 3.45. The minimum Gasteiger partial charge on any atom is -0.317 e. The molecule has 0 saturated heterocycles. The van der Waals surface area contributed by atoms with E-state index < -0.39 is 0 Å². The van der Waals surface area contributed by atoms with Crippen LogP contribution in [-0.4, -0.2) is 13.1 Å². The van der Waals surface area contributed by atoms with E-state index in [9.17, 15) is 0 Å². The Hall–Kier alpha value is -1.12. The summed E-state index contributed by atoms with van der Waals surface area (Å²) < 4.78 is 0. The molecule has 0 aliphatic rings. The van der Waals surface area contributed by atoms with Crippen LogP contribution in [0.25, 0.3) is 0 Å². The zero-order chi connectivity index (χ0) is 13.5. The number of thiophene rings is 1. The second-order valence-corrected chi connectivity index (χ2v) is 6.16. The fraction of sp³-hybridized carbons (Fsp3) is 0.412. The van der Waals surface area contributed by atoms with Crippen molar-refractivity contribution in [1.82, 2.24) is 5.32 Å². The molecule has 0 amide bonds. The Kier molecular flexibility index (Phi) is 5.62. The molecule has 1 nitrogen and oxygen atoms in total. The molecule has 0 saturated carbocycles. The van der Waals surface area contributed by atoms with Crippen LogP contribution in [0.4, 0.5) is 0 Å². The molecule has 0 spiro atoms. The van der Waals surface area contributed by atoms with Crippen molar-refractivity contribution in [3.63, 3.8) is 0 Å². The maximum absolute atomic E-state index is 3.45. The van der Waals surface area contributed by atoms with Crippen molar-refractivity contribution >= 4 is 11.3 Å². The number of aryl methyl sites for hydroxylation is 3. The van der Waals surface area contributed by atoms with Gasteiger partial charge in [-0.3, -0.25) is 0 Å². The van der Waals surface area contributed by atoms with Gasteiger partial charge in [0.2, 0.25) is 0 Å². The standard InChI is InChI=1S/C17H23NS/c1-14-5-3-6-15(13-14)8-9-16(18-2)10-11-17-7-4-12-19-17/h3-7,12-13,16,18H,8-11H2,1-2H3. The molecule has 0 aliphatic heterocycles. The van der Waals surface area contributed by atoms with Gasteiger partial charge in [-0.15, -0.1) is 11.3 Å². The van der Waals surface area contributed by atoms with Gasteiger partial charge in [0.1, 0.15) is 0 Å². The summed E-state index contributed by atoms with van der Waals surface area (Å²) in [5.74, 6) is 0. The lowest BCUT2D eigenvalue weighted by Crippen LogP contribution is -2.26. The lowest BCUT2D eigenvalue weighted by Gasteiger charge is -2.15. The van der Waals surface area contributed by atoms with Crippen LogP contribution in [0, 0.1) is 6.92 Å². The molecule has 1 unspecified atom stereocenters. The van der Waals surface area contributed by atoms with E-state index in [0.717, 1.165) is 6.42 Å². The van der Waals surface area contributed by atoms with Gasteiger partial charge in [0.05, 0.1) is 0 Å². The quantitative estimate of drug-likeness (QED) is 0.797. The zero-order valence-electron chi connectivity index (χ0n) is 11.9. The molecule has 102 valence electrons. The van der Waals surface area contributed by atoms with Crippen molar-refractivity contribution in [1.29, 1.82) is 0 Å². The summed E-state index contributed by atoms with van der Waals surface area (Å²) in [6.07, 6.45) is 4.79. The molecule has 0 aliphatic carbocycles. The van der Waals surface area contributed by atoms with Crippen molar-refractivity contribution < 1.29 is 0 Å². The number of rotatable bonds is 7. The van der Waals surface area contributed by atoms with E-state index in [2.05, 4.69) is 61.1 Å². The number of hydrogen-bond acceptors (Lipinski definition) is 2. The Labute approximate surface area is 120 Å².